The zero-order valence-electron chi connectivity index (χ0n) is 12.6. The van der Waals surface area contributed by atoms with Gasteiger partial charge in [-0.1, -0.05) is 6.07 Å². The van der Waals surface area contributed by atoms with E-state index in [-0.39, 0.29) is 0 Å². The number of thiophene rings is 1. The Morgan fingerprint density at radius 2 is 2.18 bits per heavy atom. The average molecular weight is 358 g/mol. The second kappa shape index (κ2) is 6.35. The number of rotatable bonds is 3. The number of sulfonamides is 1. The zero-order chi connectivity index (χ0) is 15.7. The SMILES string of the molecule is Cc1n[nH]c(C)c1S(=O)(=O)N1CCSC(c2cccs2)CC1. The van der Waals surface area contributed by atoms with Crippen LogP contribution < -0.4 is 0 Å². The normalized spacial score (nSPS) is 20.9. The van der Waals surface area contributed by atoms with Crippen LogP contribution in [0.5, 0.6) is 0 Å². The van der Waals surface area contributed by atoms with Gasteiger partial charge in [-0.25, -0.2) is 8.42 Å². The lowest BCUT2D eigenvalue weighted by atomic mass is 10.2. The quantitative estimate of drug-likeness (QED) is 0.917. The molecule has 3 heterocycles. The minimum atomic E-state index is -3.47. The van der Waals surface area contributed by atoms with Crippen molar-refractivity contribution in [1.82, 2.24) is 14.5 Å². The maximum absolute atomic E-state index is 12.9. The number of nitrogens with zero attached hydrogens (tertiary/aromatic N) is 2. The van der Waals surface area contributed by atoms with Crippen molar-refractivity contribution in [3.05, 3.63) is 33.8 Å². The Morgan fingerprint density at radius 1 is 1.36 bits per heavy atom. The van der Waals surface area contributed by atoms with Gasteiger partial charge in [-0.2, -0.15) is 21.2 Å². The molecule has 5 nitrogen and oxygen atoms in total. The van der Waals surface area contributed by atoms with Crippen molar-refractivity contribution < 1.29 is 8.42 Å². The summed E-state index contributed by atoms with van der Waals surface area (Å²) in [4.78, 5) is 1.67. The number of aromatic nitrogens is 2. The Labute approximate surface area is 139 Å². The summed E-state index contributed by atoms with van der Waals surface area (Å²) in [5.74, 6) is 0.817. The fourth-order valence-electron chi connectivity index (χ4n) is 2.74. The number of thioether (sulfide) groups is 1. The molecule has 8 heteroatoms. The first-order valence-corrected chi connectivity index (χ1v) is 10.5. The van der Waals surface area contributed by atoms with Crippen molar-refractivity contribution in [2.24, 2.45) is 0 Å². The van der Waals surface area contributed by atoms with Crippen LogP contribution in [0.1, 0.15) is 27.9 Å². The first-order chi connectivity index (χ1) is 10.5. The van der Waals surface area contributed by atoms with Gasteiger partial charge < -0.3 is 0 Å². The first-order valence-electron chi connectivity index (χ1n) is 7.17. The molecule has 22 heavy (non-hydrogen) atoms. The second-order valence-electron chi connectivity index (χ2n) is 5.33. The molecule has 0 spiro atoms. The number of H-pyrrole nitrogens is 1. The molecule has 1 aliphatic heterocycles. The molecule has 1 fully saturated rings. The van der Waals surface area contributed by atoms with E-state index in [0.717, 1.165) is 12.2 Å². The van der Waals surface area contributed by atoms with E-state index in [1.165, 1.54) is 4.88 Å². The van der Waals surface area contributed by atoms with Crippen LogP contribution in [-0.4, -0.2) is 41.8 Å². The number of nitrogens with one attached hydrogen (secondary N) is 1. The molecule has 1 aliphatic rings. The van der Waals surface area contributed by atoms with Crippen LogP contribution >= 0.6 is 23.1 Å². The van der Waals surface area contributed by atoms with Crippen LogP contribution in [0.2, 0.25) is 0 Å². The third kappa shape index (κ3) is 2.97. The van der Waals surface area contributed by atoms with Crippen molar-refractivity contribution in [3.8, 4) is 0 Å². The molecule has 2 aromatic heterocycles. The zero-order valence-corrected chi connectivity index (χ0v) is 15.0. The highest BCUT2D eigenvalue weighted by atomic mass is 32.2. The van der Waals surface area contributed by atoms with Gasteiger partial charge in [-0.05, 0) is 31.7 Å². The van der Waals surface area contributed by atoms with Gasteiger partial charge in [0.05, 0.1) is 11.4 Å². The Hall–Kier alpha value is -0.830. The van der Waals surface area contributed by atoms with Gasteiger partial charge in [0.2, 0.25) is 10.0 Å². The fraction of sp³-hybridized carbons (Fsp3) is 0.500. The van der Waals surface area contributed by atoms with Gasteiger partial charge in [0.25, 0.3) is 0 Å². The Kier molecular flexibility index (Phi) is 4.63. The molecule has 1 N–H and O–H groups in total. The van der Waals surface area contributed by atoms with Gasteiger partial charge in [0.1, 0.15) is 4.90 Å². The summed E-state index contributed by atoms with van der Waals surface area (Å²) in [5, 5.41) is 9.26. The molecule has 0 saturated carbocycles. The average Bonchev–Trinajstić information content (AvgIpc) is 3.03. The van der Waals surface area contributed by atoms with Gasteiger partial charge in [0.15, 0.2) is 0 Å². The van der Waals surface area contributed by atoms with Crippen LogP contribution in [0, 0.1) is 13.8 Å². The fourth-order valence-corrected chi connectivity index (χ4v) is 6.88. The minimum Gasteiger partial charge on any atom is -0.281 e. The summed E-state index contributed by atoms with van der Waals surface area (Å²) < 4.78 is 27.4. The van der Waals surface area contributed by atoms with Crippen molar-refractivity contribution in [3.63, 3.8) is 0 Å². The second-order valence-corrected chi connectivity index (χ2v) is 9.50. The lowest BCUT2D eigenvalue weighted by molar-refractivity contribution is 0.428. The topological polar surface area (TPSA) is 66.1 Å². The van der Waals surface area contributed by atoms with E-state index in [2.05, 4.69) is 27.7 Å². The number of aryl methyl sites for hydroxylation is 2. The van der Waals surface area contributed by atoms with E-state index >= 15 is 0 Å². The molecule has 2 aromatic rings. The van der Waals surface area contributed by atoms with Crippen LogP contribution in [0.4, 0.5) is 0 Å². The van der Waals surface area contributed by atoms with Crippen molar-refractivity contribution >= 4 is 33.1 Å². The van der Waals surface area contributed by atoms with Crippen molar-refractivity contribution in [1.29, 1.82) is 0 Å². The third-order valence-electron chi connectivity index (χ3n) is 3.82. The van der Waals surface area contributed by atoms with E-state index in [1.54, 1.807) is 29.5 Å². The van der Waals surface area contributed by atoms with Crippen LogP contribution in [-0.2, 0) is 10.0 Å². The molecule has 0 aromatic carbocycles. The lowest BCUT2D eigenvalue weighted by Crippen LogP contribution is -2.33. The highest BCUT2D eigenvalue weighted by Crippen LogP contribution is 2.37. The molecule has 1 unspecified atom stereocenters. The van der Waals surface area contributed by atoms with Crippen LogP contribution in [0.15, 0.2) is 22.4 Å². The molecule has 3 rings (SSSR count). The predicted octanol–water partition coefficient (Wildman–Crippen LogP) is 2.96. The highest BCUT2D eigenvalue weighted by molar-refractivity contribution is 7.99. The van der Waals surface area contributed by atoms with Crippen molar-refractivity contribution in [2.75, 3.05) is 18.8 Å². The highest BCUT2D eigenvalue weighted by Gasteiger charge is 2.32. The van der Waals surface area contributed by atoms with Gasteiger partial charge in [-0.15, -0.1) is 11.3 Å². The van der Waals surface area contributed by atoms with Crippen LogP contribution in [0.25, 0.3) is 0 Å². The van der Waals surface area contributed by atoms with E-state index < -0.39 is 10.0 Å². The van der Waals surface area contributed by atoms with Crippen molar-refractivity contribution in [2.45, 2.75) is 30.4 Å². The Morgan fingerprint density at radius 3 is 2.82 bits per heavy atom. The number of hydrogen-bond acceptors (Lipinski definition) is 5. The maximum Gasteiger partial charge on any atom is 0.246 e. The molecular weight excluding hydrogens is 338 g/mol. The summed E-state index contributed by atoms with van der Waals surface area (Å²) in [6, 6.07) is 4.19. The summed E-state index contributed by atoms with van der Waals surface area (Å²) in [5.41, 5.74) is 1.16. The van der Waals surface area contributed by atoms with E-state index in [0.29, 0.717) is 34.6 Å². The molecule has 0 bridgehead atoms. The third-order valence-corrected chi connectivity index (χ3v) is 8.43. The largest absolute Gasteiger partial charge is 0.281 e. The summed E-state index contributed by atoms with van der Waals surface area (Å²) in [7, 11) is -3.47. The van der Waals surface area contributed by atoms with E-state index in [9.17, 15) is 8.42 Å². The van der Waals surface area contributed by atoms with E-state index in [4.69, 9.17) is 0 Å². The Balaban J connectivity index is 1.81. The van der Waals surface area contributed by atoms with E-state index in [1.807, 2.05) is 11.8 Å². The standard InChI is InChI=1S/C14H19N3O2S3/c1-10-14(11(2)16-15-10)22(18,19)17-6-5-13(21-9-7-17)12-4-3-8-20-12/h3-4,8,13H,5-7,9H2,1-2H3,(H,15,16). The Bertz CT molecular complexity index is 718. The van der Waals surface area contributed by atoms with Gasteiger partial charge in [-0.3, -0.25) is 5.10 Å². The van der Waals surface area contributed by atoms with Gasteiger partial charge in [0, 0.05) is 29.0 Å². The molecule has 120 valence electrons. The molecule has 0 amide bonds. The lowest BCUT2D eigenvalue weighted by Gasteiger charge is -2.20. The maximum atomic E-state index is 12.9. The van der Waals surface area contributed by atoms with Crippen LogP contribution in [0.3, 0.4) is 0 Å². The summed E-state index contributed by atoms with van der Waals surface area (Å²) >= 11 is 3.59. The summed E-state index contributed by atoms with van der Waals surface area (Å²) in [6.45, 7) is 4.60. The minimum absolute atomic E-state index is 0.340. The monoisotopic (exact) mass is 357 g/mol. The first kappa shape index (κ1) is 16.0. The predicted molar refractivity (Wildman–Crippen MR) is 91.0 cm³/mol. The number of hydrogen-bond donors (Lipinski definition) is 1. The van der Waals surface area contributed by atoms with Gasteiger partial charge >= 0.3 is 0 Å². The molecule has 1 atom stereocenters. The summed E-state index contributed by atoms with van der Waals surface area (Å²) in [6.07, 6.45) is 0.848. The smallest absolute Gasteiger partial charge is 0.246 e. The molecule has 0 radical (unpaired) electrons. The molecule has 0 aliphatic carbocycles. The number of aromatic amines is 1. The molecule has 1 saturated heterocycles. The molecular formula is C14H19N3O2S3.